The molecular formula is C18H31ClN4O3S. The molecule has 1 rings (SSSR count). The zero-order chi connectivity index (χ0) is 19.7. The highest BCUT2D eigenvalue weighted by atomic mass is 35.5. The summed E-state index contributed by atoms with van der Waals surface area (Å²) in [5.74, 6) is 0.257. The number of nitrogens with one attached hydrogen (secondary N) is 2. The Kier molecular flexibility index (Phi) is 11.5. The zero-order valence-electron chi connectivity index (χ0n) is 16.9. The van der Waals surface area contributed by atoms with Crippen LogP contribution in [0.4, 0.5) is 0 Å². The molecule has 7 nitrogen and oxygen atoms in total. The maximum Gasteiger partial charge on any atom is 0.286 e. The molecule has 0 aliphatic heterocycles. The molecule has 1 aromatic heterocycles. The normalized spacial score (nSPS) is 12.9. The van der Waals surface area contributed by atoms with Gasteiger partial charge in [0.2, 0.25) is 11.7 Å². The molecule has 1 aromatic rings. The number of carbonyl (C=O) groups excluding carboxylic acids is 2. The Bertz CT molecular complexity index is 626. The number of nitrogens with zero attached hydrogens (tertiary/aromatic N) is 2. The number of aromatic nitrogens is 2. The van der Waals surface area contributed by atoms with Crippen molar-refractivity contribution in [2.24, 2.45) is 11.3 Å². The Balaban J connectivity index is 0.00000676. The molecule has 0 saturated heterocycles. The summed E-state index contributed by atoms with van der Waals surface area (Å²) in [6.45, 7) is 10.8. The van der Waals surface area contributed by atoms with Crippen LogP contribution in [0.25, 0.3) is 0 Å². The van der Waals surface area contributed by atoms with Gasteiger partial charge < -0.3 is 15.1 Å². The van der Waals surface area contributed by atoms with Gasteiger partial charge in [-0.1, -0.05) is 52.5 Å². The number of halogens is 1. The molecule has 0 unspecified atom stereocenters. The minimum atomic E-state index is -0.692. The van der Waals surface area contributed by atoms with Crippen LogP contribution in [0.2, 0.25) is 0 Å². The lowest BCUT2D eigenvalue weighted by atomic mass is 9.96. The van der Waals surface area contributed by atoms with Crippen molar-refractivity contribution in [3.05, 3.63) is 18.0 Å². The number of thioether (sulfide) groups is 1. The van der Waals surface area contributed by atoms with Gasteiger partial charge in [-0.15, -0.1) is 22.6 Å². The minimum Gasteiger partial charge on any atom is -0.408 e. The molecule has 2 N–H and O–H groups in total. The number of allylic oxidation sites excluding steroid dienone is 1. The van der Waals surface area contributed by atoms with Gasteiger partial charge in [-0.2, -0.15) is 0 Å². The molecule has 0 spiro atoms. The molecule has 0 aromatic carbocycles. The van der Waals surface area contributed by atoms with Gasteiger partial charge in [-0.3, -0.25) is 9.59 Å². The molecule has 0 bridgehead atoms. The van der Waals surface area contributed by atoms with Crippen molar-refractivity contribution in [3.63, 3.8) is 0 Å². The Labute approximate surface area is 171 Å². The van der Waals surface area contributed by atoms with Crippen LogP contribution in [-0.2, 0) is 4.79 Å². The molecule has 0 saturated carbocycles. The van der Waals surface area contributed by atoms with Gasteiger partial charge in [0.1, 0.15) is 0 Å². The van der Waals surface area contributed by atoms with Gasteiger partial charge >= 0.3 is 0 Å². The fourth-order valence-corrected chi connectivity index (χ4v) is 2.72. The quantitative estimate of drug-likeness (QED) is 0.261. The lowest BCUT2D eigenvalue weighted by molar-refractivity contribution is -0.117. The van der Waals surface area contributed by atoms with Crippen LogP contribution in [0.15, 0.2) is 21.8 Å². The van der Waals surface area contributed by atoms with Crippen LogP contribution >= 0.6 is 24.2 Å². The van der Waals surface area contributed by atoms with E-state index < -0.39 is 6.04 Å². The largest absolute Gasteiger partial charge is 0.408 e. The third-order valence-corrected chi connectivity index (χ3v) is 4.09. The first-order valence-corrected chi connectivity index (χ1v) is 9.75. The second-order valence-electron chi connectivity index (χ2n) is 7.58. The van der Waals surface area contributed by atoms with Crippen LogP contribution in [-0.4, -0.2) is 47.3 Å². The number of hydrogen-bond donors (Lipinski definition) is 2. The summed E-state index contributed by atoms with van der Waals surface area (Å²) in [5, 5.41) is 13.9. The number of amides is 1. The number of rotatable bonds is 10. The average molecular weight is 419 g/mol. The lowest BCUT2D eigenvalue weighted by Crippen LogP contribution is -2.41. The monoisotopic (exact) mass is 418 g/mol. The van der Waals surface area contributed by atoms with E-state index in [1.165, 1.54) is 17.8 Å². The summed E-state index contributed by atoms with van der Waals surface area (Å²) in [5.41, 5.74) is -0.110. The summed E-state index contributed by atoms with van der Waals surface area (Å²) in [6.07, 6.45) is 3.77. The summed E-state index contributed by atoms with van der Waals surface area (Å²) in [6, 6.07) is -0.692. The summed E-state index contributed by atoms with van der Waals surface area (Å²) >= 11 is 1.38. The first-order valence-electron chi connectivity index (χ1n) is 8.77. The van der Waals surface area contributed by atoms with Crippen LogP contribution in [0.1, 0.15) is 51.7 Å². The maximum absolute atomic E-state index is 12.7. The van der Waals surface area contributed by atoms with Gasteiger partial charge in [0.05, 0.1) is 6.04 Å². The smallest absolute Gasteiger partial charge is 0.286 e. The Hall–Kier alpha value is -1.38. The molecular weight excluding hydrogens is 388 g/mol. The second-order valence-corrected chi connectivity index (χ2v) is 8.63. The molecule has 9 heteroatoms. The fraction of sp³-hybridized carbons (Fsp3) is 0.667. The minimum absolute atomic E-state index is 0. The molecule has 27 heavy (non-hydrogen) atoms. The van der Waals surface area contributed by atoms with E-state index in [2.05, 4.69) is 20.8 Å². The molecule has 0 radical (unpaired) electrons. The van der Waals surface area contributed by atoms with E-state index >= 15 is 0 Å². The highest BCUT2D eigenvalue weighted by Crippen LogP contribution is 2.18. The van der Waals surface area contributed by atoms with Gasteiger partial charge in [-0.25, -0.2) is 0 Å². The molecule has 1 atom stereocenters. The SMILES string of the molecule is CNCCSc1nnc(C(=O)[C@H](CC(C)C)NC(=O)/C=C/C(C)(C)C)o1.Cl. The van der Waals surface area contributed by atoms with Crippen molar-refractivity contribution in [2.45, 2.75) is 52.3 Å². The summed E-state index contributed by atoms with van der Waals surface area (Å²) in [7, 11) is 1.86. The third kappa shape index (κ3) is 10.5. The Morgan fingerprint density at radius 1 is 1.26 bits per heavy atom. The molecule has 1 heterocycles. The number of ketones is 1. The molecule has 0 fully saturated rings. The second kappa shape index (κ2) is 12.2. The summed E-state index contributed by atoms with van der Waals surface area (Å²) < 4.78 is 5.44. The fourth-order valence-electron chi connectivity index (χ4n) is 2.01. The predicted octanol–water partition coefficient (Wildman–Crippen LogP) is 3.12. The number of carbonyl (C=O) groups is 2. The van der Waals surface area contributed by atoms with Gasteiger partial charge in [0.15, 0.2) is 0 Å². The third-order valence-electron chi connectivity index (χ3n) is 3.27. The van der Waals surface area contributed by atoms with Gasteiger partial charge in [0, 0.05) is 12.3 Å². The van der Waals surface area contributed by atoms with Crippen molar-refractivity contribution < 1.29 is 14.0 Å². The van der Waals surface area contributed by atoms with Gasteiger partial charge in [0.25, 0.3) is 11.1 Å². The van der Waals surface area contributed by atoms with Crippen LogP contribution in [0, 0.1) is 11.3 Å². The Morgan fingerprint density at radius 2 is 1.93 bits per heavy atom. The van der Waals surface area contributed by atoms with Gasteiger partial charge in [-0.05, 0) is 30.9 Å². The van der Waals surface area contributed by atoms with E-state index in [4.69, 9.17) is 4.42 Å². The molecule has 154 valence electrons. The van der Waals surface area contributed by atoms with E-state index in [-0.39, 0.29) is 41.3 Å². The number of Topliss-reactive ketones (excluding diaryl/α,β-unsaturated/α-hetero) is 1. The predicted molar refractivity (Wildman–Crippen MR) is 111 cm³/mol. The first kappa shape index (κ1) is 25.6. The first-order chi connectivity index (χ1) is 12.1. The van der Waals surface area contributed by atoms with E-state index in [0.717, 1.165) is 12.3 Å². The van der Waals surface area contributed by atoms with Crippen molar-refractivity contribution >= 4 is 35.9 Å². The topological polar surface area (TPSA) is 97.1 Å². The van der Waals surface area contributed by atoms with Crippen molar-refractivity contribution in [1.82, 2.24) is 20.8 Å². The summed E-state index contributed by atoms with van der Waals surface area (Å²) in [4.78, 5) is 24.9. The van der Waals surface area contributed by atoms with Crippen LogP contribution in [0.5, 0.6) is 0 Å². The van der Waals surface area contributed by atoms with Crippen molar-refractivity contribution in [2.75, 3.05) is 19.3 Å². The van der Waals surface area contributed by atoms with E-state index in [0.29, 0.717) is 11.6 Å². The standard InChI is InChI=1S/C18H30N4O3S.ClH/c1-12(2)11-13(20-14(23)7-8-18(3,4)5)15(24)16-21-22-17(25-16)26-10-9-19-6;/h7-8,12-13,19H,9-11H2,1-6H3,(H,20,23);1H/b8-7+;/t13-;/m0./s1. The molecule has 0 aliphatic rings. The van der Waals surface area contributed by atoms with Crippen LogP contribution in [0.3, 0.4) is 0 Å². The molecule has 1 amide bonds. The maximum atomic E-state index is 12.7. The zero-order valence-corrected chi connectivity index (χ0v) is 18.5. The van der Waals surface area contributed by atoms with E-state index in [9.17, 15) is 9.59 Å². The van der Waals surface area contributed by atoms with Crippen molar-refractivity contribution in [1.29, 1.82) is 0 Å². The highest BCUT2D eigenvalue weighted by molar-refractivity contribution is 7.99. The molecule has 0 aliphatic carbocycles. The highest BCUT2D eigenvalue weighted by Gasteiger charge is 2.27. The lowest BCUT2D eigenvalue weighted by Gasteiger charge is -2.17. The average Bonchev–Trinajstić information content (AvgIpc) is 2.99. The van der Waals surface area contributed by atoms with Crippen LogP contribution < -0.4 is 10.6 Å². The van der Waals surface area contributed by atoms with E-state index in [1.54, 1.807) is 0 Å². The Morgan fingerprint density at radius 3 is 2.48 bits per heavy atom. The van der Waals surface area contributed by atoms with E-state index in [1.807, 2.05) is 47.7 Å². The number of hydrogen-bond acceptors (Lipinski definition) is 7. The van der Waals surface area contributed by atoms with Crippen molar-refractivity contribution in [3.8, 4) is 0 Å².